The molecule has 1 aliphatic heterocycles. The number of nitrogens with zero attached hydrogens (tertiary/aromatic N) is 2. The van der Waals surface area contributed by atoms with Gasteiger partial charge in [0, 0.05) is 36.7 Å². The molecule has 0 aromatic heterocycles. The highest BCUT2D eigenvalue weighted by atomic mass is 16.6. The van der Waals surface area contributed by atoms with Crippen LogP contribution in [0.25, 0.3) is 0 Å². The number of hydrogen-bond acceptors (Lipinski definition) is 5. The van der Waals surface area contributed by atoms with Crippen molar-refractivity contribution in [2.75, 3.05) is 25.0 Å². The lowest BCUT2D eigenvalue weighted by atomic mass is 9.89. The number of hydrogen-bond donors (Lipinski definition) is 2. The molecule has 3 N–H and O–H groups in total. The van der Waals surface area contributed by atoms with E-state index in [1.807, 2.05) is 18.2 Å². The van der Waals surface area contributed by atoms with E-state index in [2.05, 4.69) is 17.4 Å². The van der Waals surface area contributed by atoms with E-state index < -0.39 is 4.92 Å². The second-order valence-corrected chi connectivity index (χ2v) is 7.63. The van der Waals surface area contributed by atoms with Crippen LogP contribution in [0.1, 0.15) is 34.7 Å². The summed E-state index contributed by atoms with van der Waals surface area (Å²) in [6.07, 6.45) is 2.04. The molecule has 4 rings (SSSR count). The molecular formula is C21H24N4O3. The van der Waals surface area contributed by atoms with E-state index in [-0.39, 0.29) is 23.4 Å². The van der Waals surface area contributed by atoms with Gasteiger partial charge in [0.1, 0.15) is 5.69 Å². The van der Waals surface area contributed by atoms with Crippen molar-refractivity contribution in [3.8, 4) is 0 Å². The van der Waals surface area contributed by atoms with Crippen molar-refractivity contribution in [2.24, 2.45) is 11.7 Å². The number of benzene rings is 2. The van der Waals surface area contributed by atoms with Gasteiger partial charge in [0.2, 0.25) is 0 Å². The Bertz CT molecular complexity index is 882. The van der Waals surface area contributed by atoms with Gasteiger partial charge >= 0.3 is 0 Å². The van der Waals surface area contributed by atoms with Crippen molar-refractivity contribution in [3.63, 3.8) is 0 Å². The predicted molar refractivity (Wildman–Crippen MR) is 107 cm³/mol. The van der Waals surface area contributed by atoms with Gasteiger partial charge < -0.3 is 16.0 Å². The Labute approximate surface area is 163 Å². The van der Waals surface area contributed by atoms with Crippen LogP contribution in [0.4, 0.5) is 11.4 Å². The molecule has 146 valence electrons. The van der Waals surface area contributed by atoms with Crippen molar-refractivity contribution in [1.82, 2.24) is 4.90 Å². The van der Waals surface area contributed by atoms with Crippen LogP contribution in [0.15, 0.2) is 48.5 Å². The van der Waals surface area contributed by atoms with Gasteiger partial charge in [-0.05, 0) is 43.0 Å². The summed E-state index contributed by atoms with van der Waals surface area (Å²) >= 11 is 0. The molecule has 0 spiro atoms. The quantitative estimate of drug-likeness (QED) is 0.593. The van der Waals surface area contributed by atoms with Crippen LogP contribution in [0.5, 0.6) is 0 Å². The number of nitro benzene ring substituents is 1. The molecule has 2 aliphatic rings. The Morgan fingerprint density at radius 3 is 2.57 bits per heavy atom. The van der Waals surface area contributed by atoms with E-state index in [4.69, 9.17) is 5.73 Å². The lowest BCUT2D eigenvalue weighted by Gasteiger charge is -2.17. The molecule has 28 heavy (non-hydrogen) atoms. The number of carbonyl (C=O) groups excluding carboxylic acids is 1. The first-order valence-electron chi connectivity index (χ1n) is 9.66. The van der Waals surface area contributed by atoms with E-state index in [1.54, 1.807) is 17.0 Å². The van der Waals surface area contributed by atoms with Crippen LogP contribution in [0, 0.1) is 16.0 Å². The average Bonchev–Trinajstić information content (AvgIpc) is 3.42. The number of likely N-dealkylation sites (tertiary alicyclic amines) is 1. The van der Waals surface area contributed by atoms with Crippen LogP contribution < -0.4 is 11.1 Å². The third-order valence-corrected chi connectivity index (χ3v) is 5.64. The van der Waals surface area contributed by atoms with Crippen LogP contribution in [-0.2, 0) is 0 Å². The Kier molecular flexibility index (Phi) is 5.00. The summed E-state index contributed by atoms with van der Waals surface area (Å²) in [5.74, 6) is 0.177. The van der Waals surface area contributed by atoms with E-state index in [0.717, 1.165) is 12.8 Å². The molecule has 2 aromatic rings. The monoisotopic (exact) mass is 380 g/mol. The van der Waals surface area contributed by atoms with Gasteiger partial charge in [-0.25, -0.2) is 0 Å². The Morgan fingerprint density at radius 2 is 1.93 bits per heavy atom. The molecule has 1 saturated heterocycles. The first-order valence-corrected chi connectivity index (χ1v) is 9.66. The normalized spacial score (nSPS) is 21.5. The van der Waals surface area contributed by atoms with Gasteiger partial charge in [0.05, 0.1) is 4.92 Å². The maximum Gasteiger partial charge on any atom is 0.293 e. The minimum absolute atomic E-state index is 0.0491. The van der Waals surface area contributed by atoms with Gasteiger partial charge in [-0.15, -0.1) is 0 Å². The van der Waals surface area contributed by atoms with Gasteiger partial charge in [0.25, 0.3) is 11.6 Å². The Morgan fingerprint density at radius 1 is 1.18 bits per heavy atom. The molecule has 7 heteroatoms. The fourth-order valence-corrected chi connectivity index (χ4v) is 3.92. The summed E-state index contributed by atoms with van der Waals surface area (Å²) in [7, 11) is 0. The third-order valence-electron chi connectivity index (χ3n) is 5.64. The number of nitrogens with two attached hydrogens (primary N) is 1. The van der Waals surface area contributed by atoms with E-state index >= 15 is 0 Å². The fourth-order valence-electron chi connectivity index (χ4n) is 3.92. The molecule has 2 aromatic carbocycles. The molecule has 2 fully saturated rings. The molecule has 1 aliphatic carbocycles. The highest BCUT2D eigenvalue weighted by molar-refractivity contribution is 5.96. The topological polar surface area (TPSA) is 102 Å². The van der Waals surface area contributed by atoms with Crippen LogP contribution >= 0.6 is 0 Å². The fraction of sp³-hybridized carbons (Fsp3) is 0.381. The van der Waals surface area contributed by atoms with Crippen LogP contribution in [0.3, 0.4) is 0 Å². The Hall–Kier alpha value is -2.93. The lowest BCUT2D eigenvalue weighted by Crippen LogP contribution is -2.29. The second-order valence-electron chi connectivity index (χ2n) is 7.63. The number of nitro groups is 1. The van der Waals surface area contributed by atoms with Crippen molar-refractivity contribution >= 4 is 17.3 Å². The second kappa shape index (κ2) is 7.59. The van der Waals surface area contributed by atoms with E-state index in [9.17, 15) is 14.9 Å². The molecule has 1 amide bonds. The number of carbonyl (C=O) groups is 1. The SMILES string of the molecule is NC[C@@H]1CN(C(=O)c2ccc(NC3CC3)c([N+](=O)[O-])c2)C[C@H]1c1ccccc1. The lowest BCUT2D eigenvalue weighted by molar-refractivity contribution is -0.384. The average molecular weight is 380 g/mol. The summed E-state index contributed by atoms with van der Waals surface area (Å²) in [6, 6.07) is 15.1. The zero-order chi connectivity index (χ0) is 19.7. The summed E-state index contributed by atoms with van der Waals surface area (Å²) in [6.45, 7) is 1.62. The number of amides is 1. The molecule has 0 bridgehead atoms. The van der Waals surface area contributed by atoms with Crippen molar-refractivity contribution < 1.29 is 9.72 Å². The van der Waals surface area contributed by atoms with E-state index in [0.29, 0.717) is 36.9 Å². The molecule has 1 heterocycles. The summed E-state index contributed by atoms with van der Waals surface area (Å²) < 4.78 is 0. The number of nitrogens with one attached hydrogen (secondary N) is 1. The summed E-state index contributed by atoms with van der Waals surface area (Å²) in [4.78, 5) is 25.9. The number of anilines is 1. The predicted octanol–water partition coefficient (Wildman–Crippen LogP) is 2.98. The molecule has 0 radical (unpaired) electrons. The maximum atomic E-state index is 13.0. The highest BCUT2D eigenvalue weighted by Gasteiger charge is 2.36. The zero-order valence-corrected chi connectivity index (χ0v) is 15.6. The minimum atomic E-state index is -0.430. The molecule has 0 unspecified atom stereocenters. The molecule has 7 nitrogen and oxygen atoms in total. The van der Waals surface area contributed by atoms with Gasteiger partial charge in [-0.3, -0.25) is 14.9 Å². The van der Waals surface area contributed by atoms with Crippen LogP contribution in [0.2, 0.25) is 0 Å². The largest absolute Gasteiger partial charge is 0.377 e. The minimum Gasteiger partial charge on any atom is -0.377 e. The van der Waals surface area contributed by atoms with Crippen LogP contribution in [-0.4, -0.2) is 41.4 Å². The summed E-state index contributed by atoms with van der Waals surface area (Å²) in [5.41, 5.74) is 7.91. The van der Waals surface area contributed by atoms with Gasteiger partial charge in [-0.1, -0.05) is 30.3 Å². The van der Waals surface area contributed by atoms with E-state index in [1.165, 1.54) is 11.6 Å². The first-order chi connectivity index (χ1) is 13.6. The van der Waals surface area contributed by atoms with Crippen molar-refractivity contribution in [3.05, 3.63) is 69.8 Å². The van der Waals surface area contributed by atoms with Gasteiger partial charge in [0.15, 0.2) is 0 Å². The molecule has 2 atom stereocenters. The smallest absolute Gasteiger partial charge is 0.293 e. The van der Waals surface area contributed by atoms with Gasteiger partial charge in [-0.2, -0.15) is 0 Å². The highest BCUT2D eigenvalue weighted by Crippen LogP contribution is 2.35. The van der Waals surface area contributed by atoms with Crippen molar-refractivity contribution in [1.29, 1.82) is 0 Å². The molecular weight excluding hydrogens is 356 g/mol. The third kappa shape index (κ3) is 3.71. The standard InChI is InChI=1S/C21H24N4O3/c22-11-16-12-24(13-18(16)14-4-2-1-3-5-14)21(26)15-6-9-19(23-17-7-8-17)20(10-15)25(27)28/h1-6,9-10,16-18,23H,7-8,11-13,22H2/t16-,18+/m1/s1. The van der Waals surface area contributed by atoms with Crippen molar-refractivity contribution in [2.45, 2.75) is 24.8 Å². The zero-order valence-electron chi connectivity index (χ0n) is 15.6. The Balaban J connectivity index is 1.55. The summed E-state index contributed by atoms with van der Waals surface area (Å²) in [5, 5.41) is 14.6. The maximum absolute atomic E-state index is 13.0. The number of rotatable bonds is 6. The first kappa shape index (κ1) is 18.4. The molecule has 1 saturated carbocycles.